The van der Waals surface area contributed by atoms with Crippen LogP contribution in [0.4, 0.5) is 0 Å². The molecule has 0 rings (SSSR count). The molecular weight excluding hydrogens is 859 g/mol. The van der Waals surface area contributed by atoms with Crippen LogP contribution in [-0.4, -0.2) is 29.7 Å². The molecule has 0 radical (unpaired) electrons. The Morgan fingerprint density at radius 1 is 0.397 bits per heavy atom. The quantitative estimate of drug-likeness (QED) is 0.0365. The third kappa shape index (κ3) is 42.7. The van der Waals surface area contributed by atoms with Gasteiger partial charge in [-0.05, 0) is 25.2 Å². The minimum atomic E-state index is -5.13. The first-order valence-electron chi connectivity index (χ1n) is 27.0. The molecule has 0 aliphatic rings. The first-order valence-corrected chi connectivity index (χ1v) is 28.5. The van der Waals surface area contributed by atoms with Crippen molar-refractivity contribution in [2.24, 2.45) is 5.92 Å². The number of carbonyl (C=O) groups excluding carboxylic acids is 2. The molecule has 1 N–H and O–H groups in total. The van der Waals surface area contributed by atoms with Gasteiger partial charge < -0.3 is 19.8 Å². The Bertz CT molecular complexity index is 1080. The monoisotopic (exact) mass is 961 g/mol. The summed E-state index contributed by atoms with van der Waals surface area (Å²) in [6, 6.07) is 0. The Hall–Kier alpha value is 2.12. The van der Waals surface area contributed by atoms with Crippen LogP contribution in [-0.2, 0) is 19.7 Å². The van der Waals surface area contributed by atoms with E-state index < -0.39 is 39.1 Å². The van der Waals surface area contributed by atoms with Gasteiger partial charge in [0.15, 0.2) is 0 Å². The van der Waals surface area contributed by atoms with Crippen LogP contribution in [0.1, 0.15) is 316 Å². The number of unbranched alkanes of at least 4 members (excludes halogenated alkanes) is 42. The normalized spacial score (nSPS) is 13.0. The van der Waals surface area contributed by atoms with Crippen LogP contribution < -0.4 is 113 Å². The van der Waals surface area contributed by atoms with E-state index in [1.165, 1.54) is 218 Å². The van der Waals surface area contributed by atoms with E-state index in [0.717, 1.165) is 44.9 Å². The molecule has 2 atom stereocenters. The maximum absolute atomic E-state index is 12.7. The first kappa shape index (κ1) is 69.4. The number of rotatable bonds is 51. The van der Waals surface area contributed by atoms with Gasteiger partial charge in [-0.2, -0.15) is 8.42 Å². The van der Waals surface area contributed by atoms with E-state index in [4.69, 9.17) is 0 Å². The number of carboxylic acid groups (broad SMARTS) is 2. The van der Waals surface area contributed by atoms with Crippen molar-refractivity contribution in [3.8, 4) is 0 Å². The van der Waals surface area contributed by atoms with Crippen molar-refractivity contribution in [1.29, 1.82) is 0 Å². The predicted molar refractivity (Wildman–Crippen MR) is 256 cm³/mol. The molecule has 0 spiro atoms. The average molecular weight is 962 g/mol. The van der Waals surface area contributed by atoms with Gasteiger partial charge in [0.25, 0.3) is 10.1 Å². The molecule has 10 heteroatoms. The Labute approximate surface area is 477 Å². The average Bonchev–Trinajstić information content (AvgIpc) is 3.22. The zero-order valence-electron chi connectivity index (χ0n) is 42.6. The van der Waals surface area contributed by atoms with Crippen molar-refractivity contribution >= 4 is 22.1 Å². The van der Waals surface area contributed by atoms with Crippen LogP contribution in [0, 0.1) is 5.92 Å². The van der Waals surface area contributed by atoms with Crippen molar-refractivity contribution in [2.75, 3.05) is 0 Å². The van der Waals surface area contributed by atoms with Gasteiger partial charge in [0.2, 0.25) is 0 Å². The van der Waals surface area contributed by atoms with E-state index in [2.05, 4.69) is 13.8 Å². The second kappa shape index (κ2) is 52.0. The molecule has 0 saturated carbocycles. The van der Waals surface area contributed by atoms with Crippen LogP contribution in [0.2, 0.25) is 0 Å². The predicted octanol–water partition coefficient (Wildman–Crippen LogP) is 9.11. The minimum Gasteiger partial charge on any atom is -0.550 e. The summed E-state index contributed by atoms with van der Waals surface area (Å²) in [6.45, 7) is 4.54. The number of carboxylic acids is 2. The molecule has 0 amide bonds. The van der Waals surface area contributed by atoms with Gasteiger partial charge in [-0.25, -0.2) is 0 Å². The molecule has 364 valence electrons. The molecule has 0 aromatic heterocycles. The van der Waals surface area contributed by atoms with E-state index in [-0.39, 0.29) is 122 Å². The van der Waals surface area contributed by atoms with Gasteiger partial charge in [0.1, 0.15) is 4.75 Å². The van der Waals surface area contributed by atoms with Crippen molar-refractivity contribution in [3.05, 3.63) is 0 Å². The number of hydrogen-bond acceptors (Lipinski definition) is 6. The zero-order chi connectivity index (χ0) is 45.0. The molecule has 2 unspecified atom stereocenters. The van der Waals surface area contributed by atoms with Gasteiger partial charge in [-0.15, -0.1) is 0 Å². The molecule has 0 aromatic rings. The van der Waals surface area contributed by atoms with E-state index in [9.17, 15) is 32.8 Å². The Morgan fingerprint density at radius 3 is 0.794 bits per heavy atom. The van der Waals surface area contributed by atoms with E-state index in [0.29, 0.717) is 12.8 Å². The van der Waals surface area contributed by atoms with Crippen molar-refractivity contribution in [3.63, 3.8) is 0 Å². The summed E-state index contributed by atoms with van der Waals surface area (Å²) in [5.74, 6) is -4.70. The third-order valence-corrected chi connectivity index (χ3v) is 15.3. The number of carbonyl (C=O) groups is 2. The molecule has 0 fully saturated rings. The van der Waals surface area contributed by atoms with Crippen LogP contribution in [0.3, 0.4) is 0 Å². The van der Waals surface area contributed by atoms with Gasteiger partial charge in [-0.3, -0.25) is 4.55 Å². The smallest absolute Gasteiger partial charge is 0.550 e. The minimum absolute atomic E-state index is 0. The van der Waals surface area contributed by atoms with Gasteiger partial charge in [0, 0.05) is 5.97 Å². The van der Waals surface area contributed by atoms with Crippen LogP contribution >= 0.6 is 0 Å². The van der Waals surface area contributed by atoms with Gasteiger partial charge in [-0.1, -0.05) is 296 Å². The van der Waals surface area contributed by atoms with E-state index in [1.54, 1.807) is 0 Å². The molecule has 0 aromatic carbocycles. The summed E-state index contributed by atoms with van der Waals surface area (Å²) in [4.78, 5) is 24.2. The Morgan fingerprint density at radius 2 is 0.603 bits per heavy atom. The summed E-state index contributed by atoms with van der Waals surface area (Å²) >= 11 is 0. The third-order valence-electron chi connectivity index (χ3n) is 13.7. The summed E-state index contributed by atoms with van der Waals surface area (Å²) in [7, 11) is -5.13. The maximum Gasteiger partial charge on any atom is 1.00 e. The summed E-state index contributed by atoms with van der Waals surface area (Å²) in [5, 5.41) is 24.2. The molecule has 0 heterocycles. The van der Waals surface area contributed by atoms with Crippen molar-refractivity contribution in [2.45, 2.75) is 320 Å². The van der Waals surface area contributed by atoms with Crippen molar-refractivity contribution in [1.82, 2.24) is 0 Å². The van der Waals surface area contributed by atoms with Crippen molar-refractivity contribution < 1.29 is 136 Å². The summed E-state index contributed by atoms with van der Waals surface area (Å²) in [6.07, 6.45) is 53.2. The van der Waals surface area contributed by atoms with Crippen LogP contribution in [0.5, 0.6) is 0 Å². The summed E-state index contributed by atoms with van der Waals surface area (Å²) < 4.78 is 33.1. The molecule has 0 bridgehead atoms. The summed E-state index contributed by atoms with van der Waals surface area (Å²) in [5.41, 5.74) is 0. The number of aliphatic carboxylic acids is 2. The van der Waals surface area contributed by atoms with E-state index in [1.807, 2.05) is 0 Å². The number of hydrogen-bond donors (Lipinski definition) is 1. The molecular formula is C53H102K2O7S. The fourth-order valence-electron chi connectivity index (χ4n) is 9.61. The van der Waals surface area contributed by atoms with Gasteiger partial charge >= 0.3 is 103 Å². The fraction of sp³-hybridized carbons (Fsp3) is 0.962. The van der Waals surface area contributed by atoms with Crippen LogP contribution in [0.15, 0.2) is 0 Å². The maximum atomic E-state index is 12.7. The molecule has 7 nitrogen and oxygen atoms in total. The molecule has 63 heavy (non-hydrogen) atoms. The second-order valence-corrected chi connectivity index (χ2v) is 21.0. The molecule has 0 aliphatic heterocycles. The van der Waals surface area contributed by atoms with Crippen LogP contribution in [0.25, 0.3) is 0 Å². The Kier molecular flexibility index (Phi) is 57.2. The zero-order valence-corrected chi connectivity index (χ0v) is 49.7. The Balaban J connectivity index is -0.0000180. The largest absolute Gasteiger partial charge is 1.00 e. The first-order chi connectivity index (χ1) is 29.6. The molecule has 0 aliphatic carbocycles. The molecule has 0 saturated heterocycles. The fourth-order valence-corrected chi connectivity index (χ4v) is 10.9. The van der Waals surface area contributed by atoms with E-state index >= 15 is 0 Å². The topological polar surface area (TPSA) is 135 Å². The second-order valence-electron chi connectivity index (χ2n) is 19.3. The standard InChI is InChI=1S/C53H104O7S.2K/c1-3-5-7-9-11-13-15-17-19-21-23-25-27-29-31-33-35-37-39-41-43-45-47-50(49-51(54)55)53(52(56)57,61(58,59)60)48-46-44-42-40-38-36-34-32-30-28-26-24-22-20-18-16-14-12-10-8-6-4-2;;/h50H,3-49H2,1-2H3,(H,54,55)(H,56,57)(H,58,59,60);;/q;2*+1/p-2. The van der Waals surface area contributed by atoms with Gasteiger partial charge in [0.05, 0.1) is 5.97 Å². The SMILES string of the molecule is CCCCCCCCCCCCCCCCCCCCCCCCC(CC(=O)[O-])C(CCCCCCCCCCCCCCCCCCCCCCCC)(C(=O)[O-])S(=O)(=O)O.[K+].[K+].